The first-order valence-electron chi connectivity index (χ1n) is 7.82. The van der Waals surface area contributed by atoms with E-state index >= 15 is 0 Å². The maximum Gasteiger partial charge on any atom is 0.149 e. The number of piperidine rings is 2. The molecule has 4 heteroatoms. The van der Waals surface area contributed by atoms with Gasteiger partial charge in [-0.25, -0.2) is 0 Å². The van der Waals surface area contributed by atoms with Crippen LogP contribution in [0.2, 0.25) is 0 Å². The Hall–Kier alpha value is -1.39. The molecule has 114 valence electrons. The molecule has 22 heavy (non-hydrogen) atoms. The van der Waals surface area contributed by atoms with E-state index in [1.165, 1.54) is 15.7 Å². The van der Waals surface area contributed by atoms with E-state index < -0.39 is 0 Å². The highest BCUT2D eigenvalue weighted by Gasteiger charge is 2.44. The maximum atomic E-state index is 12.6. The van der Waals surface area contributed by atoms with Gasteiger partial charge < -0.3 is 4.90 Å². The average Bonchev–Trinajstić information content (AvgIpc) is 2.50. The van der Waals surface area contributed by atoms with Gasteiger partial charge in [-0.3, -0.25) is 9.69 Å². The van der Waals surface area contributed by atoms with Gasteiger partial charge in [-0.1, -0.05) is 46.3 Å². The van der Waals surface area contributed by atoms with E-state index in [1.807, 2.05) is 6.07 Å². The molecule has 0 N–H and O–H groups in total. The average molecular weight is 359 g/mol. The normalized spacial score (nSPS) is 28.0. The summed E-state index contributed by atoms with van der Waals surface area (Å²) in [5.74, 6) is 0.643. The number of carbonyl (C=O) groups excluding carboxylic acids is 1. The SMILES string of the molecule is O=C1C2CN(Cc3ccccc3)CC1C1=CC=C(Br)CN1C2. The van der Waals surface area contributed by atoms with Crippen LogP contribution in [-0.2, 0) is 11.3 Å². The number of hydrogen-bond donors (Lipinski definition) is 0. The second kappa shape index (κ2) is 5.67. The van der Waals surface area contributed by atoms with Gasteiger partial charge in [-0.05, 0) is 17.7 Å². The van der Waals surface area contributed by atoms with Crippen LogP contribution in [0.5, 0.6) is 0 Å². The zero-order valence-corrected chi connectivity index (χ0v) is 14.0. The summed E-state index contributed by atoms with van der Waals surface area (Å²) < 4.78 is 1.20. The smallest absolute Gasteiger partial charge is 0.149 e. The number of Topliss-reactive ketones (excluding diaryl/α,β-unsaturated/α-hetero) is 1. The van der Waals surface area contributed by atoms with Gasteiger partial charge in [0.2, 0.25) is 0 Å². The second-order valence-electron chi connectivity index (χ2n) is 6.42. The lowest BCUT2D eigenvalue weighted by molar-refractivity contribution is -0.134. The lowest BCUT2D eigenvalue weighted by Gasteiger charge is -2.47. The molecule has 3 nitrogen and oxygen atoms in total. The largest absolute Gasteiger partial charge is 0.369 e. The van der Waals surface area contributed by atoms with Crippen LogP contribution in [0.1, 0.15) is 5.56 Å². The molecule has 3 aliphatic rings. The summed E-state index contributed by atoms with van der Waals surface area (Å²) in [5, 5.41) is 0. The highest BCUT2D eigenvalue weighted by Crippen LogP contribution is 2.36. The molecule has 1 aromatic carbocycles. The Morgan fingerprint density at radius 3 is 2.73 bits per heavy atom. The Morgan fingerprint density at radius 2 is 1.91 bits per heavy atom. The molecule has 4 rings (SSSR count). The van der Waals surface area contributed by atoms with E-state index in [4.69, 9.17) is 0 Å². The molecule has 2 saturated heterocycles. The summed E-state index contributed by atoms with van der Waals surface area (Å²) in [4.78, 5) is 17.4. The zero-order valence-electron chi connectivity index (χ0n) is 12.4. The molecule has 0 radical (unpaired) electrons. The van der Waals surface area contributed by atoms with Gasteiger partial charge in [0.1, 0.15) is 5.78 Å². The van der Waals surface area contributed by atoms with Crippen molar-refractivity contribution in [1.82, 2.24) is 9.80 Å². The minimum atomic E-state index is 0.0491. The lowest BCUT2D eigenvalue weighted by atomic mass is 9.80. The summed E-state index contributed by atoms with van der Waals surface area (Å²) in [6, 6.07) is 10.5. The summed E-state index contributed by atoms with van der Waals surface area (Å²) in [6.45, 7) is 4.43. The molecule has 0 spiro atoms. The topological polar surface area (TPSA) is 23.6 Å². The first kappa shape index (κ1) is 14.2. The van der Waals surface area contributed by atoms with Crippen molar-refractivity contribution in [1.29, 1.82) is 0 Å². The van der Waals surface area contributed by atoms with E-state index in [-0.39, 0.29) is 11.8 Å². The number of carbonyl (C=O) groups is 1. The van der Waals surface area contributed by atoms with Gasteiger partial charge in [0, 0.05) is 48.8 Å². The molecule has 2 bridgehead atoms. The molecular formula is C18H19BrN2O. The fourth-order valence-corrected chi connectivity index (χ4v) is 4.28. The van der Waals surface area contributed by atoms with Gasteiger partial charge in [-0.15, -0.1) is 0 Å². The van der Waals surface area contributed by atoms with Crippen molar-refractivity contribution in [3.63, 3.8) is 0 Å². The second-order valence-corrected chi connectivity index (χ2v) is 7.44. The van der Waals surface area contributed by atoms with Crippen LogP contribution in [0, 0.1) is 11.8 Å². The Bertz CT molecular complexity index is 652. The summed E-state index contributed by atoms with van der Waals surface area (Å²) >= 11 is 3.58. The Morgan fingerprint density at radius 1 is 1.09 bits per heavy atom. The van der Waals surface area contributed by atoms with Crippen LogP contribution in [-0.4, -0.2) is 41.8 Å². The maximum absolute atomic E-state index is 12.6. The molecule has 3 heterocycles. The molecular weight excluding hydrogens is 340 g/mol. The molecule has 3 aliphatic heterocycles. The highest BCUT2D eigenvalue weighted by molar-refractivity contribution is 9.11. The third-order valence-electron chi connectivity index (χ3n) is 4.85. The minimum absolute atomic E-state index is 0.0491. The number of nitrogens with zero attached hydrogens (tertiary/aromatic N) is 2. The molecule has 2 atom stereocenters. The molecule has 0 saturated carbocycles. The van der Waals surface area contributed by atoms with Crippen molar-refractivity contribution < 1.29 is 4.79 Å². The molecule has 0 aliphatic carbocycles. The van der Waals surface area contributed by atoms with Crippen molar-refractivity contribution >= 4 is 21.7 Å². The third-order valence-corrected chi connectivity index (χ3v) is 5.37. The van der Waals surface area contributed by atoms with E-state index in [1.54, 1.807) is 0 Å². The van der Waals surface area contributed by atoms with Gasteiger partial charge >= 0.3 is 0 Å². The monoisotopic (exact) mass is 358 g/mol. The predicted octanol–water partition coefficient (Wildman–Crippen LogP) is 2.80. The number of rotatable bonds is 2. The minimum Gasteiger partial charge on any atom is -0.369 e. The van der Waals surface area contributed by atoms with Crippen molar-refractivity contribution in [3.8, 4) is 0 Å². The highest BCUT2D eigenvalue weighted by atomic mass is 79.9. The Labute approximate surface area is 139 Å². The van der Waals surface area contributed by atoms with E-state index in [9.17, 15) is 4.79 Å². The standard InChI is InChI=1S/C18H19BrN2O/c19-15-6-7-17-16-12-20(8-13-4-2-1-3-5-13)9-14(18(16)22)10-21(17)11-15/h1-7,14,16H,8-12H2. The summed E-state index contributed by atoms with van der Waals surface area (Å²) in [5.41, 5.74) is 2.54. The first-order valence-corrected chi connectivity index (χ1v) is 8.61. The zero-order chi connectivity index (χ0) is 15.1. The Balaban J connectivity index is 1.56. The lowest BCUT2D eigenvalue weighted by Crippen LogP contribution is -2.57. The van der Waals surface area contributed by atoms with Crippen molar-refractivity contribution in [2.45, 2.75) is 6.54 Å². The predicted molar refractivity (Wildman–Crippen MR) is 90.4 cm³/mol. The molecule has 2 unspecified atom stereocenters. The third kappa shape index (κ3) is 2.55. The van der Waals surface area contributed by atoms with Crippen LogP contribution in [0.3, 0.4) is 0 Å². The van der Waals surface area contributed by atoms with Crippen LogP contribution < -0.4 is 0 Å². The number of fused-ring (bicyclic) bond motifs is 4. The van der Waals surface area contributed by atoms with Gasteiger partial charge in [0.25, 0.3) is 0 Å². The summed E-state index contributed by atoms with van der Waals surface area (Å²) in [7, 11) is 0. The van der Waals surface area contributed by atoms with Gasteiger partial charge in [0.05, 0.1) is 5.92 Å². The number of benzene rings is 1. The number of halogens is 1. The molecule has 0 amide bonds. The molecule has 0 aromatic heterocycles. The van der Waals surface area contributed by atoms with Crippen LogP contribution in [0.25, 0.3) is 0 Å². The van der Waals surface area contributed by atoms with Crippen LogP contribution >= 0.6 is 15.9 Å². The number of likely N-dealkylation sites (tertiary alicyclic amines) is 1. The fraction of sp³-hybridized carbons (Fsp3) is 0.389. The number of hydrogen-bond acceptors (Lipinski definition) is 3. The number of ketones is 1. The van der Waals surface area contributed by atoms with Crippen LogP contribution in [0.15, 0.2) is 52.7 Å². The van der Waals surface area contributed by atoms with Crippen molar-refractivity contribution in [2.75, 3.05) is 26.2 Å². The van der Waals surface area contributed by atoms with E-state index in [2.05, 4.69) is 62.1 Å². The quantitative estimate of drug-likeness (QED) is 0.811. The first-order chi connectivity index (χ1) is 10.7. The van der Waals surface area contributed by atoms with E-state index in [0.29, 0.717) is 5.78 Å². The fourth-order valence-electron chi connectivity index (χ4n) is 3.85. The van der Waals surface area contributed by atoms with E-state index in [0.717, 1.165) is 32.7 Å². The van der Waals surface area contributed by atoms with Crippen molar-refractivity contribution in [2.24, 2.45) is 11.8 Å². The van der Waals surface area contributed by atoms with Gasteiger partial charge in [0.15, 0.2) is 0 Å². The Kier molecular flexibility index (Phi) is 3.66. The molecule has 2 fully saturated rings. The number of allylic oxidation sites excluding steroid dienone is 2. The van der Waals surface area contributed by atoms with Crippen LogP contribution in [0.4, 0.5) is 0 Å². The van der Waals surface area contributed by atoms with Crippen molar-refractivity contribution in [3.05, 3.63) is 58.2 Å². The van der Waals surface area contributed by atoms with Gasteiger partial charge in [-0.2, -0.15) is 0 Å². The summed E-state index contributed by atoms with van der Waals surface area (Å²) in [6.07, 6.45) is 4.22. The molecule has 1 aromatic rings.